The van der Waals surface area contributed by atoms with E-state index in [4.69, 9.17) is 17.3 Å². The van der Waals surface area contributed by atoms with Crippen molar-refractivity contribution in [2.45, 2.75) is 19.4 Å². The Morgan fingerprint density at radius 3 is 2.76 bits per heavy atom. The van der Waals surface area contributed by atoms with E-state index in [1.165, 1.54) is 5.56 Å². The number of hydrogen-bond donors (Lipinski definition) is 1. The highest BCUT2D eigenvalue weighted by atomic mass is 79.9. The Morgan fingerprint density at radius 2 is 2.18 bits per heavy atom. The van der Waals surface area contributed by atoms with E-state index in [2.05, 4.69) is 41.1 Å². The molecule has 1 unspecified atom stereocenters. The minimum absolute atomic E-state index is 0.0117. The second-order valence-corrected chi connectivity index (χ2v) is 6.39. The number of rotatable bonds is 3. The zero-order chi connectivity index (χ0) is 12.4. The van der Waals surface area contributed by atoms with Gasteiger partial charge in [-0.3, -0.25) is 0 Å². The first-order valence-electron chi connectivity index (χ1n) is 5.31. The van der Waals surface area contributed by atoms with Crippen LogP contribution < -0.4 is 5.73 Å². The number of aryl methyl sites for hydroxylation is 1. The van der Waals surface area contributed by atoms with Gasteiger partial charge in [-0.15, -0.1) is 11.3 Å². The minimum atomic E-state index is -0.0117. The molecule has 0 bridgehead atoms. The maximum atomic E-state index is 6.22. The molecule has 0 amide bonds. The number of thiophene rings is 1. The Hall–Kier alpha value is -0.350. The van der Waals surface area contributed by atoms with Crippen molar-refractivity contribution in [3.05, 3.63) is 55.1 Å². The van der Waals surface area contributed by atoms with Crippen LogP contribution >= 0.6 is 38.9 Å². The van der Waals surface area contributed by atoms with Gasteiger partial charge in [0.05, 0.1) is 5.02 Å². The Balaban J connectivity index is 2.20. The molecule has 2 N–H and O–H groups in total. The fourth-order valence-corrected chi connectivity index (χ4v) is 3.57. The molecule has 4 heteroatoms. The number of hydrogen-bond acceptors (Lipinski definition) is 2. The van der Waals surface area contributed by atoms with Gasteiger partial charge in [0.1, 0.15) is 0 Å². The lowest BCUT2D eigenvalue weighted by molar-refractivity contribution is 0.729. The molecule has 0 fully saturated rings. The topological polar surface area (TPSA) is 26.0 Å². The fraction of sp³-hybridized carbons (Fsp3) is 0.231. The summed E-state index contributed by atoms with van der Waals surface area (Å²) in [5, 5.41) is 2.81. The quantitative estimate of drug-likeness (QED) is 0.866. The molecular weight excluding hydrogens is 318 g/mol. The van der Waals surface area contributed by atoms with Gasteiger partial charge in [0.25, 0.3) is 0 Å². The first-order valence-corrected chi connectivity index (χ1v) is 7.36. The van der Waals surface area contributed by atoms with Crippen LogP contribution in [0.15, 0.2) is 34.1 Å². The van der Waals surface area contributed by atoms with Crippen molar-refractivity contribution in [3.8, 4) is 0 Å². The Kier molecular flexibility index (Phi) is 4.26. The molecular formula is C13H13BrClNS. The number of nitrogens with two attached hydrogens (primary N) is 1. The molecule has 17 heavy (non-hydrogen) atoms. The number of halogens is 2. The predicted molar refractivity (Wildman–Crippen MR) is 78.8 cm³/mol. The normalized spacial score (nSPS) is 12.7. The van der Waals surface area contributed by atoms with E-state index in [1.54, 1.807) is 11.3 Å². The van der Waals surface area contributed by atoms with Crippen LogP contribution in [0.3, 0.4) is 0 Å². The van der Waals surface area contributed by atoms with Gasteiger partial charge in [-0.25, -0.2) is 0 Å². The van der Waals surface area contributed by atoms with E-state index < -0.39 is 0 Å². The van der Waals surface area contributed by atoms with Crippen LogP contribution in [0.2, 0.25) is 5.02 Å². The Morgan fingerprint density at radius 1 is 1.41 bits per heavy atom. The lowest BCUT2D eigenvalue weighted by atomic mass is 10.0. The summed E-state index contributed by atoms with van der Waals surface area (Å²) in [4.78, 5) is 1.15. The van der Waals surface area contributed by atoms with E-state index in [1.807, 2.05) is 11.4 Å². The maximum Gasteiger partial charge on any atom is 0.0545 e. The van der Waals surface area contributed by atoms with Gasteiger partial charge in [0.15, 0.2) is 0 Å². The van der Waals surface area contributed by atoms with Crippen LogP contribution in [0.1, 0.15) is 22.0 Å². The van der Waals surface area contributed by atoms with Crippen LogP contribution in [0.5, 0.6) is 0 Å². The largest absolute Gasteiger partial charge is 0.324 e. The van der Waals surface area contributed by atoms with Gasteiger partial charge in [-0.2, -0.15) is 0 Å². The van der Waals surface area contributed by atoms with Crippen molar-refractivity contribution in [1.82, 2.24) is 0 Å². The minimum Gasteiger partial charge on any atom is -0.324 e. The Labute approximate surface area is 119 Å². The summed E-state index contributed by atoms with van der Waals surface area (Å²) in [6.07, 6.45) is 0.784. The van der Waals surface area contributed by atoms with Crippen LogP contribution in [-0.4, -0.2) is 0 Å². The first kappa shape index (κ1) is 13.1. The van der Waals surface area contributed by atoms with Crippen LogP contribution in [0, 0.1) is 6.92 Å². The smallest absolute Gasteiger partial charge is 0.0545 e. The first-order chi connectivity index (χ1) is 8.06. The standard InChI is InChI=1S/C13H13BrClNS/c1-8-4-9(6-10(14)5-8)12(16)7-13-11(15)2-3-17-13/h2-6,12H,7,16H2,1H3. The van der Waals surface area contributed by atoms with E-state index in [0.717, 1.165) is 26.4 Å². The van der Waals surface area contributed by atoms with Gasteiger partial charge in [0.2, 0.25) is 0 Å². The van der Waals surface area contributed by atoms with Crippen LogP contribution in [0.4, 0.5) is 0 Å². The summed E-state index contributed by atoms with van der Waals surface area (Å²) in [6, 6.07) is 8.17. The third kappa shape index (κ3) is 3.32. The number of benzene rings is 1. The van der Waals surface area contributed by atoms with Gasteiger partial charge < -0.3 is 5.73 Å². The lowest BCUT2D eigenvalue weighted by Crippen LogP contribution is -2.13. The van der Waals surface area contributed by atoms with E-state index in [9.17, 15) is 0 Å². The zero-order valence-corrected chi connectivity index (χ0v) is 12.6. The molecule has 1 heterocycles. The molecule has 0 spiro atoms. The second-order valence-electron chi connectivity index (χ2n) is 4.06. The SMILES string of the molecule is Cc1cc(Br)cc(C(N)Cc2sccc2Cl)c1. The summed E-state index contributed by atoms with van der Waals surface area (Å²) >= 11 is 11.2. The molecule has 1 atom stereocenters. The molecule has 0 saturated heterocycles. The Bertz CT molecular complexity index is 504. The molecule has 1 nitrogen and oxygen atoms in total. The van der Waals surface area contributed by atoms with Crippen molar-refractivity contribution < 1.29 is 0 Å². The van der Waals surface area contributed by atoms with Gasteiger partial charge >= 0.3 is 0 Å². The lowest BCUT2D eigenvalue weighted by Gasteiger charge is -2.12. The van der Waals surface area contributed by atoms with Crippen LogP contribution in [0.25, 0.3) is 0 Å². The predicted octanol–water partition coefficient (Wildman–Crippen LogP) is 4.71. The highest BCUT2D eigenvalue weighted by Gasteiger charge is 2.11. The average Bonchev–Trinajstić information content (AvgIpc) is 2.63. The summed E-state index contributed by atoms with van der Waals surface area (Å²) in [7, 11) is 0. The summed E-state index contributed by atoms with van der Waals surface area (Å²) < 4.78 is 1.07. The molecule has 1 aromatic carbocycles. The summed E-state index contributed by atoms with van der Waals surface area (Å²) in [6.45, 7) is 2.07. The zero-order valence-electron chi connectivity index (χ0n) is 9.41. The molecule has 90 valence electrons. The highest BCUT2D eigenvalue weighted by molar-refractivity contribution is 9.10. The molecule has 0 saturated carbocycles. The highest BCUT2D eigenvalue weighted by Crippen LogP contribution is 2.28. The van der Waals surface area contributed by atoms with Crippen molar-refractivity contribution in [1.29, 1.82) is 0 Å². The van der Waals surface area contributed by atoms with Crippen LogP contribution in [-0.2, 0) is 6.42 Å². The van der Waals surface area contributed by atoms with Gasteiger partial charge in [-0.1, -0.05) is 33.6 Å². The molecule has 0 aliphatic rings. The second kappa shape index (κ2) is 5.53. The molecule has 2 aromatic rings. The van der Waals surface area contributed by atoms with Crippen molar-refractivity contribution in [3.63, 3.8) is 0 Å². The third-order valence-corrected chi connectivity index (χ3v) is 4.46. The van der Waals surface area contributed by atoms with Gasteiger partial charge in [-0.05, 0) is 41.6 Å². The molecule has 0 aliphatic heterocycles. The molecule has 1 aromatic heterocycles. The summed E-state index contributed by atoms with van der Waals surface area (Å²) in [5.41, 5.74) is 8.57. The van der Waals surface area contributed by atoms with Crippen molar-refractivity contribution >= 4 is 38.9 Å². The average molecular weight is 331 g/mol. The van der Waals surface area contributed by atoms with E-state index in [0.29, 0.717) is 0 Å². The molecule has 0 radical (unpaired) electrons. The van der Waals surface area contributed by atoms with Crippen molar-refractivity contribution in [2.75, 3.05) is 0 Å². The fourth-order valence-electron chi connectivity index (χ4n) is 1.77. The monoisotopic (exact) mass is 329 g/mol. The van der Waals surface area contributed by atoms with Gasteiger partial charge in [0, 0.05) is 21.8 Å². The molecule has 0 aliphatic carbocycles. The van der Waals surface area contributed by atoms with Crippen molar-refractivity contribution in [2.24, 2.45) is 5.73 Å². The van der Waals surface area contributed by atoms with E-state index >= 15 is 0 Å². The maximum absolute atomic E-state index is 6.22. The third-order valence-electron chi connectivity index (χ3n) is 2.59. The molecule has 2 rings (SSSR count). The summed E-state index contributed by atoms with van der Waals surface area (Å²) in [5.74, 6) is 0. The van der Waals surface area contributed by atoms with E-state index in [-0.39, 0.29) is 6.04 Å².